The fourth-order valence-electron chi connectivity index (χ4n) is 2.85. The highest BCUT2D eigenvalue weighted by Crippen LogP contribution is 2.21. The highest BCUT2D eigenvalue weighted by atomic mass is 16.5. The van der Waals surface area contributed by atoms with Gasteiger partial charge in [0.2, 0.25) is 0 Å². The molecule has 1 N–H and O–H groups in total. The summed E-state index contributed by atoms with van der Waals surface area (Å²) in [6.07, 6.45) is 0.0123. The van der Waals surface area contributed by atoms with Crippen LogP contribution in [-0.4, -0.2) is 24.9 Å². The van der Waals surface area contributed by atoms with Crippen LogP contribution in [0.4, 0.5) is 0 Å². The fraction of sp³-hybridized carbons (Fsp3) is 0.167. The van der Waals surface area contributed by atoms with E-state index in [-0.39, 0.29) is 12.2 Å². The summed E-state index contributed by atoms with van der Waals surface area (Å²) in [6, 6.07) is 25.3. The zero-order valence-corrected chi connectivity index (χ0v) is 16.2. The van der Waals surface area contributed by atoms with Crippen molar-refractivity contribution in [3.05, 3.63) is 96.1 Å². The third-order valence-electron chi connectivity index (χ3n) is 4.43. The van der Waals surface area contributed by atoms with Crippen LogP contribution in [0, 0.1) is 0 Å². The van der Waals surface area contributed by atoms with Crippen LogP contribution in [0.5, 0.6) is 11.5 Å². The average Bonchev–Trinajstić information content (AvgIpc) is 2.78. The number of esters is 1. The van der Waals surface area contributed by atoms with Crippen LogP contribution in [0.25, 0.3) is 0 Å². The van der Waals surface area contributed by atoms with Crippen LogP contribution in [0.3, 0.4) is 0 Å². The number of methoxy groups -OCH3 is 1. The van der Waals surface area contributed by atoms with Crippen molar-refractivity contribution in [1.29, 1.82) is 0 Å². The number of carbonyl (C=O) groups excluding carboxylic acids is 2. The number of Topliss-reactive ketones (excluding diaryl/α,β-unsaturated/α-hetero) is 1. The summed E-state index contributed by atoms with van der Waals surface area (Å²) in [7, 11) is 1.32. The van der Waals surface area contributed by atoms with Crippen molar-refractivity contribution in [2.75, 3.05) is 7.11 Å². The number of ketones is 1. The molecule has 1 unspecified atom stereocenters. The van der Waals surface area contributed by atoms with Crippen molar-refractivity contribution in [2.45, 2.75) is 19.0 Å². The molecule has 29 heavy (non-hydrogen) atoms. The number of carbonyl (C=O) groups is 2. The Kier molecular flexibility index (Phi) is 7.14. The van der Waals surface area contributed by atoms with E-state index >= 15 is 0 Å². The number of nitrogens with one attached hydrogen (secondary N) is 1. The molecule has 0 bridgehead atoms. The zero-order valence-electron chi connectivity index (χ0n) is 16.2. The fourth-order valence-corrected chi connectivity index (χ4v) is 2.85. The van der Waals surface area contributed by atoms with Crippen LogP contribution in [0.15, 0.2) is 84.9 Å². The zero-order chi connectivity index (χ0) is 20.5. The summed E-state index contributed by atoms with van der Waals surface area (Å²) >= 11 is 0. The smallest absolute Gasteiger partial charge is 0.323 e. The van der Waals surface area contributed by atoms with E-state index in [1.165, 1.54) is 7.11 Å². The molecule has 0 saturated heterocycles. The van der Waals surface area contributed by atoms with E-state index in [0.29, 0.717) is 17.9 Å². The number of hydrogen-bond donors (Lipinski definition) is 1. The number of para-hydroxylation sites is 1. The van der Waals surface area contributed by atoms with Crippen molar-refractivity contribution < 1.29 is 19.1 Å². The second kappa shape index (κ2) is 10.2. The molecule has 0 radical (unpaired) electrons. The molecule has 0 saturated carbocycles. The van der Waals surface area contributed by atoms with Gasteiger partial charge in [-0.2, -0.15) is 0 Å². The average molecular weight is 389 g/mol. The summed E-state index contributed by atoms with van der Waals surface area (Å²) in [5.41, 5.74) is 1.54. The van der Waals surface area contributed by atoms with Crippen molar-refractivity contribution in [1.82, 2.24) is 5.32 Å². The lowest BCUT2D eigenvalue weighted by molar-refractivity contribution is -0.143. The van der Waals surface area contributed by atoms with Gasteiger partial charge < -0.3 is 9.47 Å². The van der Waals surface area contributed by atoms with Crippen LogP contribution >= 0.6 is 0 Å². The van der Waals surface area contributed by atoms with E-state index in [2.05, 4.69) is 5.32 Å². The van der Waals surface area contributed by atoms with Crippen LogP contribution in [0.2, 0.25) is 0 Å². The maximum Gasteiger partial charge on any atom is 0.323 e. The molecule has 0 aliphatic carbocycles. The molecule has 0 aliphatic rings. The molecule has 0 heterocycles. The number of rotatable bonds is 9. The Bertz CT molecular complexity index is 924. The van der Waals surface area contributed by atoms with Crippen LogP contribution < -0.4 is 10.1 Å². The second-order valence-electron chi connectivity index (χ2n) is 6.51. The van der Waals surface area contributed by atoms with Gasteiger partial charge in [0.1, 0.15) is 17.5 Å². The Labute approximate surface area is 170 Å². The third-order valence-corrected chi connectivity index (χ3v) is 4.43. The molecule has 0 aromatic heterocycles. The minimum atomic E-state index is -0.715. The molecule has 0 aliphatic heterocycles. The van der Waals surface area contributed by atoms with E-state index in [0.717, 1.165) is 11.3 Å². The molecular weight excluding hydrogens is 366 g/mol. The van der Waals surface area contributed by atoms with Gasteiger partial charge in [0.25, 0.3) is 0 Å². The second-order valence-corrected chi connectivity index (χ2v) is 6.51. The molecule has 5 nitrogen and oxygen atoms in total. The third kappa shape index (κ3) is 6.02. The van der Waals surface area contributed by atoms with Gasteiger partial charge in [-0.05, 0) is 42.0 Å². The quantitative estimate of drug-likeness (QED) is 0.435. The van der Waals surface area contributed by atoms with Gasteiger partial charge in [-0.25, -0.2) is 0 Å². The predicted molar refractivity (Wildman–Crippen MR) is 111 cm³/mol. The first-order valence-corrected chi connectivity index (χ1v) is 9.37. The summed E-state index contributed by atoms with van der Waals surface area (Å²) in [5, 5.41) is 3.11. The summed E-state index contributed by atoms with van der Waals surface area (Å²) in [6.45, 7) is 0.470. The van der Waals surface area contributed by atoms with Gasteiger partial charge in [-0.1, -0.05) is 48.5 Å². The molecule has 148 valence electrons. The molecule has 3 rings (SSSR count). The molecular formula is C24H23NO4. The standard InChI is InChI=1S/C24H23NO4/c1-28-24(27)22(25-17-18-8-4-2-5-9-18)16-23(26)19-12-14-21(15-13-19)29-20-10-6-3-7-11-20/h2-15,22,25H,16-17H2,1H3. The number of hydrogen-bond acceptors (Lipinski definition) is 5. The van der Waals surface area contributed by atoms with Gasteiger partial charge in [0.15, 0.2) is 5.78 Å². The predicted octanol–water partition coefficient (Wildman–Crippen LogP) is 4.38. The first-order chi connectivity index (χ1) is 14.2. The lowest BCUT2D eigenvalue weighted by atomic mass is 10.0. The van der Waals surface area contributed by atoms with E-state index in [9.17, 15) is 9.59 Å². The van der Waals surface area contributed by atoms with Crippen LogP contribution in [-0.2, 0) is 16.1 Å². The topological polar surface area (TPSA) is 64.6 Å². The van der Waals surface area contributed by atoms with Crippen molar-refractivity contribution >= 4 is 11.8 Å². The van der Waals surface area contributed by atoms with Gasteiger partial charge in [-0.3, -0.25) is 14.9 Å². The summed E-state index contributed by atoms with van der Waals surface area (Å²) in [5.74, 6) is 0.757. The monoisotopic (exact) mass is 389 g/mol. The summed E-state index contributed by atoms with van der Waals surface area (Å²) in [4.78, 5) is 24.8. The Hall–Kier alpha value is -3.44. The maximum absolute atomic E-state index is 12.7. The molecule has 1 atom stereocenters. The van der Waals surface area contributed by atoms with Gasteiger partial charge in [0, 0.05) is 18.5 Å². The Morgan fingerprint density at radius 3 is 2.03 bits per heavy atom. The first-order valence-electron chi connectivity index (χ1n) is 9.37. The highest BCUT2D eigenvalue weighted by molar-refractivity contribution is 5.99. The molecule has 5 heteroatoms. The first kappa shape index (κ1) is 20.3. The van der Waals surface area contributed by atoms with E-state index in [1.807, 2.05) is 60.7 Å². The van der Waals surface area contributed by atoms with Gasteiger partial charge in [-0.15, -0.1) is 0 Å². The van der Waals surface area contributed by atoms with E-state index in [4.69, 9.17) is 9.47 Å². The highest BCUT2D eigenvalue weighted by Gasteiger charge is 2.23. The van der Waals surface area contributed by atoms with Crippen molar-refractivity contribution in [3.8, 4) is 11.5 Å². The normalized spacial score (nSPS) is 11.5. The molecule has 3 aromatic rings. The molecule has 0 amide bonds. The molecule has 0 fully saturated rings. The van der Waals surface area contributed by atoms with Gasteiger partial charge in [0.05, 0.1) is 7.11 Å². The Morgan fingerprint density at radius 1 is 0.828 bits per heavy atom. The molecule has 3 aromatic carbocycles. The van der Waals surface area contributed by atoms with Crippen LogP contribution in [0.1, 0.15) is 22.3 Å². The summed E-state index contributed by atoms with van der Waals surface area (Å²) < 4.78 is 10.6. The molecule has 0 spiro atoms. The maximum atomic E-state index is 12.7. The Morgan fingerprint density at radius 2 is 1.41 bits per heavy atom. The minimum absolute atomic E-state index is 0.0123. The SMILES string of the molecule is COC(=O)C(CC(=O)c1ccc(Oc2ccccc2)cc1)NCc1ccccc1. The number of benzene rings is 3. The minimum Gasteiger partial charge on any atom is -0.468 e. The lowest BCUT2D eigenvalue weighted by Gasteiger charge is -2.16. The van der Waals surface area contributed by atoms with E-state index in [1.54, 1.807) is 24.3 Å². The van der Waals surface area contributed by atoms with Crippen molar-refractivity contribution in [3.63, 3.8) is 0 Å². The lowest BCUT2D eigenvalue weighted by Crippen LogP contribution is -2.39. The number of ether oxygens (including phenoxy) is 2. The van der Waals surface area contributed by atoms with Gasteiger partial charge >= 0.3 is 5.97 Å². The largest absolute Gasteiger partial charge is 0.468 e. The Balaban J connectivity index is 1.61. The van der Waals surface area contributed by atoms with Crippen molar-refractivity contribution in [2.24, 2.45) is 0 Å². The van der Waals surface area contributed by atoms with E-state index < -0.39 is 12.0 Å².